The third-order valence-corrected chi connectivity index (χ3v) is 7.81. The summed E-state index contributed by atoms with van der Waals surface area (Å²) >= 11 is 6.61. The predicted octanol–water partition coefficient (Wildman–Crippen LogP) is 1.68. The zero-order chi connectivity index (χ0) is 19.4. The van der Waals surface area contributed by atoms with E-state index < -0.39 is 26.8 Å². The van der Waals surface area contributed by atoms with Crippen molar-refractivity contribution in [3.63, 3.8) is 0 Å². The lowest BCUT2D eigenvalue weighted by atomic mass is 10.3. The van der Waals surface area contributed by atoms with Crippen LogP contribution in [0.5, 0.6) is 0 Å². The van der Waals surface area contributed by atoms with Gasteiger partial charge in [-0.2, -0.15) is 0 Å². The summed E-state index contributed by atoms with van der Waals surface area (Å²) in [5, 5.41) is 0.461. The van der Waals surface area contributed by atoms with Crippen LogP contribution in [0.4, 0.5) is 0 Å². The summed E-state index contributed by atoms with van der Waals surface area (Å²) in [6.07, 6.45) is 3.02. The minimum atomic E-state index is -3.75. The Labute approximate surface area is 162 Å². The first-order valence-electron chi connectivity index (χ1n) is 8.08. The molecular weight excluding hydrogens is 412 g/mol. The number of sulfonamides is 1. The highest BCUT2D eigenvalue weighted by Gasteiger charge is 2.41. The van der Waals surface area contributed by atoms with Crippen LogP contribution in [0.1, 0.15) is 25.3 Å². The molecule has 1 fully saturated rings. The van der Waals surface area contributed by atoms with Crippen LogP contribution in [-0.2, 0) is 16.6 Å². The van der Waals surface area contributed by atoms with E-state index >= 15 is 0 Å². The van der Waals surface area contributed by atoms with Gasteiger partial charge in [0.1, 0.15) is 14.2 Å². The Morgan fingerprint density at radius 2 is 2.11 bits per heavy atom. The van der Waals surface area contributed by atoms with E-state index in [9.17, 15) is 18.0 Å². The van der Waals surface area contributed by atoms with Gasteiger partial charge in [0.2, 0.25) is 0 Å². The summed E-state index contributed by atoms with van der Waals surface area (Å²) in [5.41, 5.74) is -0.975. The minimum absolute atomic E-state index is 0.00251. The molecule has 0 radical (unpaired) electrons. The molecule has 0 bridgehead atoms. The highest BCUT2D eigenvalue weighted by molar-refractivity contribution is 7.91. The maximum absolute atomic E-state index is 12.7. The maximum atomic E-state index is 12.7. The highest BCUT2D eigenvalue weighted by atomic mass is 35.5. The molecule has 4 rings (SSSR count). The lowest BCUT2D eigenvalue weighted by molar-refractivity contribution is 0.560. The Bertz CT molecular complexity index is 1250. The number of hydrogen-bond donors (Lipinski definition) is 2. The molecule has 3 heterocycles. The molecule has 1 aliphatic rings. The van der Waals surface area contributed by atoms with Gasteiger partial charge in [-0.3, -0.25) is 14.3 Å². The molecule has 0 spiro atoms. The standard InChI is InChI=1S/C16H15ClN4O4S2/c1-16(4-5-16)20-27(24,25)12-6-10-13(26-12)19-15(23)21(14(10)22)8-9-2-3-11(17)18-7-9/h2-3,6-7,20H,4-5,8H2,1H3,(H,19,23). The SMILES string of the molecule is CC1(NS(=O)(=O)c2cc3c(=O)n(Cc4ccc(Cl)nc4)c(=O)[nH]c3s2)CC1. The van der Waals surface area contributed by atoms with Crippen molar-refractivity contribution < 1.29 is 8.42 Å². The van der Waals surface area contributed by atoms with E-state index in [2.05, 4.69) is 14.7 Å². The number of thiophene rings is 1. The smallest absolute Gasteiger partial charge is 0.298 e. The molecule has 1 aliphatic carbocycles. The summed E-state index contributed by atoms with van der Waals surface area (Å²) in [4.78, 5) is 31.8. The molecule has 3 aromatic heterocycles. The molecule has 0 atom stereocenters. The first kappa shape index (κ1) is 18.4. The quantitative estimate of drug-likeness (QED) is 0.602. The van der Waals surface area contributed by atoms with Gasteiger partial charge in [0.15, 0.2) is 0 Å². The molecule has 3 aromatic rings. The summed E-state index contributed by atoms with van der Waals surface area (Å²) in [5.74, 6) is 0. The van der Waals surface area contributed by atoms with Gasteiger partial charge in [0.25, 0.3) is 15.6 Å². The summed E-state index contributed by atoms with van der Waals surface area (Å²) in [6, 6.07) is 4.53. The lowest BCUT2D eigenvalue weighted by Gasteiger charge is -2.09. The van der Waals surface area contributed by atoms with E-state index in [-0.39, 0.29) is 21.0 Å². The van der Waals surface area contributed by atoms with Crippen LogP contribution in [0.15, 0.2) is 38.2 Å². The van der Waals surface area contributed by atoms with Crippen molar-refractivity contribution in [2.75, 3.05) is 0 Å². The van der Waals surface area contributed by atoms with E-state index in [0.717, 1.165) is 28.7 Å². The Morgan fingerprint density at radius 1 is 1.37 bits per heavy atom. The molecule has 0 unspecified atom stereocenters. The zero-order valence-electron chi connectivity index (χ0n) is 14.2. The topological polar surface area (TPSA) is 114 Å². The molecule has 2 N–H and O–H groups in total. The average molecular weight is 427 g/mol. The van der Waals surface area contributed by atoms with Crippen molar-refractivity contribution in [2.24, 2.45) is 0 Å². The van der Waals surface area contributed by atoms with Gasteiger partial charge in [-0.05, 0) is 37.5 Å². The van der Waals surface area contributed by atoms with E-state index in [1.54, 1.807) is 12.1 Å². The molecule has 27 heavy (non-hydrogen) atoms. The number of hydrogen-bond acceptors (Lipinski definition) is 6. The number of aromatic amines is 1. The molecule has 11 heteroatoms. The van der Waals surface area contributed by atoms with Crippen LogP contribution < -0.4 is 16.0 Å². The molecule has 0 aromatic carbocycles. The fourth-order valence-electron chi connectivity index (χ4n) is 2.65. The number of pyridine rings is 1. The monoisotopic (exact) mass is 426 g/mol. The second-order valence-corrected chi connectivity index (χ2v) is 10.1. The Morgan fingerprint density at radius 3 is 2.74 bits per heavy atom. The van der Waals surface area contributed by atoms with Crippen molar-refractivity contribution in [1.82, 2.24) is 19.3 Å². The second-order valence-electron chi connectivity index (χ2n) is 6.79. The van der Waals surface area contributed by atoms with Gasteiger partial charge in [-0.15, -0.1) is 11.3 Å². The van der Waals surface area contributed by atoms with Gasteiger partial charge in [0, 0.05) is 11.7 Å². The van der Waals surface area contributed by atoms with Crippen LogP contribution in [0.3, 0.4) is 0 Å². The number of rotatable bonds is 5. The van der Waals surface area contributed by atoms with Crippen LogP contribution in [0.2, 0.25) is 5.15 Å². The third kappa shape index (κ3) is 3.57. The van der Waals surface area contributed by atoms with Crippen molar-refractivity contribution in [3.8, 4) is 0 Å². The first-order chi connectivity index (χ1) is 12.7. The number of aromatic nitrogens is 3. The first-order valence-corrected chi connectivity index (χ1v) is 10.8. The van der Waals surface area contributed by atoms with Crippen molar-refractivity contribution in [2.45, 2.75) is 36.1 Å². The van der Waals surface area contributed by atoms with E-state index in [1.165, 1.54) is 12.3 Å². The second kappa shape index (κ2) is 6.26. The lowest BCUT2D eigenvalue weighted by Crippen LogP contribution is -2.35. The van der Waals surface area contributed by atoms with Gasteiger partial charge in [0.05, 0.1) is 11.9 Å². The normalized spacial score (nSPS) is 15.9. The minimum Gasteiger partial charge on any atom is -0.298 e. The zero-order valence-corrected chi connectivity index (χ0v) is 16.5. The number of halogens is 1. The van der Waals surface area contributed by atoms with Gasteiger partial charge in [-0.1, -0.05) is 17.7 Å². The maximum Gasteiger partial charge on any atom is 0.329 e. The van der Waals surface area contributed by atoms with Crippen LogP contribution in [0.25, 0.3) is 10.2 Å². The summed E-state index contributed by atoms with van der Waals surface area (Å²) in [7, 11) is -3.75. The number of nitrogens with one attached hydrogen (secondary N) is 2. The molecular formula is C16H15ClN4O4S2. The van der Waals surface area contributed by atoms with Crippen molar-refractivity contribution >= 4 is 43.2 Å². The molecule has 0 saturated heterocycles. The third-order valence-electron chi connectivity index (χ3n) is 4.43. The van der Waals surface area contributed by atoms with E-state index in [4.69, 9.17) is 11.6 Å². The van der Waals surface area contributed by atoms with Gasteiger partial charge in [-0.25, -0.2) is 22.9 Å². The summed E-state index contributed by atoms with van der Waals surface area (Å²) < 4.78 is 28.7. The molecule has 8 nitrogen and oxygen atoms in total. The van der Waals surface area contributed by atoms with Crippen molar-refractivity contribution in [1.29, 1.82) is 0 Å². The van der Waals surface area contributed by atoms with Crippen LogP contribution in [0, 0.1) is 0 Å². The number of H-pyrrole nitrogens is 1. The van der Waals surface area contributed by atoms with Crippen LogP contribution >= 0.6 is 22.9 Å². The largest absolute Gasteiger partial charge is 0.329 e. The summed E-state index contributed by atoms with van der Waals surface area (Å²) in [6.45, 7) is 1.83. The fourth-order valence-corrected chi connectivity index (χ4v) is 5.57. The Kier molecular flexibility index (Phi) is 4.26. The Balaban J connectivity index is 1.76. The molecule has 1 saturated carbocycles. The molecule has 0 amide bonds. The predicted molar refractivity (Wildman–Crippen MR) is 103 cm³/mol. The fraction of sp³-hybridized carbons (Fsp3) is 0.312. The Hall–Kier alpha value is -2.01. The van der Waals surface area contributed by atoms with Gasteiger partial charge >= 0.3 is 5.69 Å². The van der Waals surface area contributed by atoms with E-state index in [0.29, 0.717) is 10.7 Å². The molecule has 0 aliphatic heterocycles. The molecule has 142 valence electrons. The number of fused-ring (bicyclic) bond motifs is 1. The number of nitrogens with zero attached hydrogens (tertiary/aromatic N) is 2. The average Bonchev–Trinajstić information content (AvgIpc) is 3.14. The highest BCUT2D eigenvalue weighted by Crippen LogP contribution is 2.37. The van der Waals surface area contributed by atoms with Crippen LogP contribution in [-0.4, -0.2) is 28.5 Å². The van der Waals surface area contributed by atoms with Crippen molar-refractivity contribution in [3.05, 3.63) is 56.0 Å². The van der Waals surface area contributed by atoms with E-state index in [1.807, 2.05) is 6.92 Å². The van der Waals surface area contributed by atoms with Gasteiger partial charge < -0.3 is 0 Å².